The summed E-state index contributed by atoms with van der Waals surface area (Å²) in [5.41, 5.74) is 0. The summed E-state index contributed by atoms with van der Waals surface area (Å²) in [7, 11) is 0. The Hall–Kier alpha value is -0.540. The first kappa shape index (κ1) is 20.5. The number of halogens is 1. The van der Waals surface area contributed by atoms with Gasteiger partial charge in [0.1, 0.15) is 6.61 Å². The van der Waals surface area contributed by atoms with Crippen LogP contribution in [0.4, 0.5) is 0 Å². The number of nitrogens with zero attached hydrogens (tertiary/aromatic N) is 1. The van der Waals surface area contributed by atoms with E-state index >= 15 is 0 Å². The molecule has 0 amide bonds. The fraction of sp³-hybridized carbons (Fsp3) is 0.842. The predicted molar refractivity (Wildman–Crippen MR) is 97.9 cm³/mol. The van der Waals surface area contributed by atoms with Gasteiger partial charge in [-0.2, -0.15) is 0 Å². The number of likely N-dealkylation sites (tertiary alicyclic amines) is 1. The average molecular weight is 344 g/mol. The molecule has 0 aromatic carbocycles. The number of ether oxygens (including phenoxy) is 1. The smallest absolute Gasteiger partial charge is 0.309 e. The second-order valence-corrected chi connectivity index (χ2v) is 7.30. The van der Waals surface area contributed by atoms with Crippen molar-refractivity contribution in [3.63, 3.8) is 0 Å². The molecule has 2 aliphatic rings. The Labute approximate surface area is 148 Å². The lowest BCUT2D eigenvalue weighted by Crippen LogP contribution is -2.29. The molecule has 0 N–H and O–H groups in total. The summed E-state index contributed by atoms with van der Waals surface area (Å²) in [6.07, 6.45) is 9.90. The standard InChI is InChI=1S/C19H33NO2.ClH/c1-4-5-10-18(17-8-6-7-9-17)19(21)22-12-11-20-13-15(2)16(3)14-20;/h6,8,15-18H,4-5,7,9-14H2,1-3H3;1H. The Bertz CT molecular complexity index is 376. The van der Waals surface area contributed by atoms with Crippen molar-refractivity contribution in [1.29, 1.82) is 0 Å². The second-order valence-electron chi connectivity index (χ2n) is 7.30. The van der Waals surface area contributed by atoms with Crippen LogP contribution in [0.15, 0.2) is 12.2 Å². The first-order chi connectivity index (χ1) is 10.6. The van der Waals surface area contributed by atoms with Gasteiger partial charge in [0.2, 0.25) is 0 Å². The van der Waals surface area contributed by atoms with E-state index in [9.17, 15) is 4.79 Å². The van der Waals surface area contributed by atoms with E-state index in [0.29, 0.717) is 12.5 Å². The van der Waals surface area contributed by atoms with Gasteiger partial charge >= 0.3 is 5.97 Å². The SMILES string of the molecule is CCCCC(C(=O)OCCN1CC(C)C(C)C1)C1C=CCC1.Cl. The molecule has 1 aliphatic carbocycles. The topological polar surface area (TPSA) is 29.5 Å². The molecule has 1 aliphatic heterocycles. The molecule has 4 atom stereocenters. The monoisotopic (exact) mass is 343 g/mol. The lowest BCUT2D eigenvalue weighted by atomic mass is 9.87. The van der Waals surface area contributed by atoms with Gasteiger partial charge in [-0.15, -0.1) is 12.4 Å². The molecule has 0 spiro atoms. The van der Waals surface area contributed by atoms with Crippen molar-refractivity contribution in [2.45, 2.75) is 52.9 Å². The molecule has 134 valence electrons. The van der Waals surface area contributed by atoms with Gasteiger partial charge in [-0.3, -0.25) is 9.69 Å². The van der Waals surface area contributed by atoms with E-state index in [1.807, 2.05) is 0 Å². The zero-order valence-corrected chi connectivity index (χ0v) is 15.8. The molecule has 3 nitrogen and oxygen atoms in total. The molecule has 0 aromatic rings. The number of hydrogen-bond acceptors (Lipinski definition) is 3. The number of allylic oxidation sites excluding steroid dienone is 2. The molecule has 1 saturated heterocycles. The number of rotatable bonds is 8. The largest absolute Gasteiger partial charge is 0.464 e. The Morgan fingerprint density at radius 1 is 1.30 bits per heavy atom. The minimum atomic E-state index is 0. The van der Waals surface area contributed by atoms with Crippen molar-refractivity contribution >= 4 is 18.4 Å². The van der Waals surface area contributed by atoms with Crippen LogP contribution in [0.3, 0.4) is 0 Å². The van der Waals surface area contributed by atoms with Crippen LogP contribution >= 0.6 is 12.4 Å². The van der Waals surface area contributed by atoms with Gasteiger partial charge in [0, 0.05) is 19.6 Å². The van der Waals surface area contributed by atoms with Crippen LogP contribution in [0.2, 0.25) is 0 Å². The van der Waals surface area contributed by atoms with Gasteiger partial charge in [0.15, 0.2) is 0 Å². The Morgan fingerprint density at radius 3 is 2.57 bits per heavy atom. The normalized spacial score (nSPS) is 28.6. The summed E-state index contributed by atoms with van der Waals surface area (Å²) in [4.78, 5) is 14.9. The lowest BCUT2D eigenvalue weighted by Gasteiger charge is -2.22. The summed E-state index contributed by atoms with van der Waals surface area (Å²) in [5.74, 6) is 2.04. The van der Waals surface area contributed by atoms with E-state index in [1.54, 1.807) is 0 Å². The third-order valence-corrected chi connectivity index (χ3v) is 5.45. The zero-order valence-electron chi connectivity index (χ0n) is 15.0. The van der Waals surface area contributed by atoms with Crippen molar-refractivity contribution in [3.8, 4) is 0 Å². The molecule has 0 saturated carbocycles. The van der Waals surface area contributed by atoms with Gasteiger partial charge in [0.05, 0.1) is 5.92 Å². The number of carbonyl (C=O) groups is 1. The van der Waals surface area contributed by atoms with E-state index < -0.39 is 0 Å². The van der Waals surface area contributed by atoms with E-state index in [1.165, 1.54) is 0 Å². The van der Waals surface area contributed by atoms with E-state index in [0.717, 1.165) is 63.6 Å². The maximum atomic E-state index is 12.5. The highest BCUT2D eigenvalue weighted by molar-refractivity contribution is 5.85. The number of unbranched alkanes of at least 4 members (excludes halogenated alkanes) is 1. The zero-order chi connectivity index (χ0) is 15.9. The molecule has 2 rings (SSSR count). The van der Waals surface area contributed by atoms with Crippen LogP contribution in [0.1, 0.15) is 52.9 Å². The minimum absolute atomic E-state index is 0. The summed E-state index contributed by atoms with van der Waals surface area (Å²) in [6.45, 7) is 10.5. The molecular formula is C19H34ClNO2. The molecule has 1 heterocycles. The van der Waals surface area contributed by atoms with Gasteiger partial charge in [-0.1, -0.05) is 45.8 Å². The molecule has 23 heavy (non-hydrogen) atoms. The molecule has 0 radical (unpaired) electrons. The number of hydrogen-bond donors (Lipinski definition) is 0. The highest BCUT2D eigenvalue weighted by atomic mass is 35.5. The minimum Gasteiger partial charge on any atom is -0.464 e. The van der Waals surface area contributed by atoms with Crippen LogP contribution in [-0.2, 0) is 9.53 Å². The number of esters is 1. The molecule has 4 unspecified atom stereocenters. The lowest BCUT2D eigenvalue weighted by molar-refractivity contribution is -0.150. The van der Waals surface area contributed by atoms with E-state index in [2.05, 4.69) is 37.8 Å². The van der Waals surface area contributed by atoms with E-state index in [4.69, 9.17) is 4.74 Å². The van der Waals surface area contributed by atoms with Crippen LogP contribution in [0.5, 0.6) is 0 Å². The Kier molecular flexibility index (Phi) is 9.23. The Balaban J connectivity index is 0.00000264. The van der Waals surface area contributed by atoms with Crippen molar-refractivity contribution in [1.82, 2.24) is 4.90 Å². The summed E-state index contributed by atoms with van der Waals surface area (Å²) in [6, 6.07) is 0. The average Bonchev–Trinajstić information content (AvgIpc) is 3.11. The second kappa shape index (κ2) is 10.4. The molecule has 0 bridgehead atoms. The molecule has 1 fully saturated rings. The highest BCUT2D eigenvalue weighted by Gasteiger charge is 2.29. The highest BCUT2D eigenvalue weighted by Crippen LogP contribution is 2.30. The summed E-state index contributed by atoms with van der Waals surface area (Å²) in [5, 5.41) is 0. The van der Waals surface area contributed by atoms with Crippen molar-refractivity contribution in [3.05, 3.63) is 12.2 Å². The first-order valence-corrected chi connectivity index (χ1v) is 9.17. The maximum Gasteiger partial charge on any atom is 0.309 e. The quantitative estimate of drug-likeness (QED) is 0.485. The molecule has 4 heteroatoms. The van der Waals surface area contributed by atoms with Crippen LogP contribution in [0, 0.1) is 23.7 Å². The van der Waals surface area contributed by atoms with Crippen molar-refractivity contribution in [2.24, 2.45) is 23.7 Å². The number of carbonyl (C=O) groups excluding carboxylic acids is 1. The van der Waals surface area contributed by atoms with Crippen molar-refractivity contribution < 1.29 is 9.53 Å². The third kappa shape index (κ3) is 6.11. The first-order valence-electron chi connectivity index (χ1n) is 9.17. The summed E-state index contributed by atoms with van der Waals surface area (Å²) >= 11 is 0. The molecule has 0 aromatic heterocycles. The van der Waals surface area contributed by atoms with Crippen LogP contribution in [0.25, 0.3) is 0 Å². The third-order valence-electron chi connectivity index (χ3n) is 5.45. The fourth-order valence-corrected chi connectivity index (χ4v) is 3.74. The van der Waals surface area contributed by atoms with Gasteiger partial charge in [-0.05, 0) is 37.0 Å². The van der Waals surface area contributed by atoms with Gasteiger partial charge in [-0.25, -0.2) is 0 Å². The maximum absolute atomic E-state index is 12.5. The van der Waals surface area contributed by atoms with Crippen LogP contribution in [-0.4, -0.2) is 37.1 Å². The Morgan fingerprint density at radius 2 is 2.00 bits per heavy atom. The predicted octanol–water partition coefficient (Wildman–Crippen LogP) is 4.31. The fourth-order valence-electron chi connectivity index (χ4n) is 3.74. The molecular weight excluding hydrogens is 310 g/mol. The van der Waals surface area contributed by atoms with Gasteiger partial charge < -0.3 is 4.74 Å². The summed E-state index contributed by atoms with van der Waals surface area (Å²) < 4.78 is 5.63. The van der Waals surface area contributed by atoms with Gasteiger partial charge in [0.25, 0.3) is 0 Å². The van der Waals surface area contributed by atoms with Crippen molar-refractivity contribution in [2.75, 3.05) is 26.2 Å². The van der Waals surface area contributed by atoms with Crippen LogP contribution < -0.4 is 0 Å². The van der Waals surface area contributed by atoms with E-state index in [-0.39, 0.29) is 24.3 Å².